The first-order valence-electron chi connectivity index (χ1n) is 9.30. The highest BCUT2D eigenvalue weighted by atomic mass is 16.5. The number of ether oxygens (including phenoxy) is 1. The fraction of sp³-hybridized carbons (Fsp3) is 0.348. The van der Waals surface area contributed by atoms with Crippen molar-refractivity contribution in [3.05, 3.63) is 58.7 Å². The number of fused-ring (bicyclic) bond motifs is 2. The number of carbonyl (C=O) groups excluding carboxylic acids is 1. The minimum atomic E-state index is -0.141. The lowest BCUT2D eigenvalue weighted by molar-refractivity contribution is -0.122. The smallest absolute Gasteiger partial charge is 0.233 e. The van der Waals surface area contributed by atoms with Crippen LogP contribution in [0.1, 0.15) is 42.0 Å². The molecular formula is C23H23NO2. The van der Waals surface area contributed by atoms with Crippen molar-refractivity contribution in [3.63, 3.8) is 0 Å². The van der Waals surface area contributed by atoms with Crippen LogP contribution in [0.25, 0.3) is 0 Å². The Kier molecular flexibility index (Phi) is 4.42. The zero-order valence-corrected chi connectivity index (χ0v) is 15.3. The number of amides is 1. The van der Waals surface area contributed by atoms with E-state index >= 15 is 0 Å². The van der Waals surface area contributed by atoms with Crippen molar-refractivity contribution >= 4 is 11.6 Å². The molecule has 1 atom stereocenters. The predicted molar refractivity (Wildman–Crippen MR) is 104 cm³/mol. The highest BCUT2D eigenvalue weighted by Crippen LogP contribution is 2.32. The first-order valence-corrected chi connectivity index (χ1v) is 9.30. The Morgan fingerprint density at radius 3 is 2.50 bits per heavy atom. The molecule has 1 aliphatic carbocycles. The molecule has 132 valence electrons. The molecule has 0 unspecified atom stereocenters. The molecule has 26 heavy (non-hydrogen) atoms. The number of anilines is 1. The van der Waals surface area contributed by atoms with Gasteiger partial charge in [-0.25, -0.2) is 0 Å². The molecule has 4 rings (SSSR count). The number of aryl methyl sites for hydroxylation is 2. The topological polar surface area (TPSA) is 29.5 Å². The molecule has 0 fully saturated rings. The molecule has 0 radical (unpaired) electrons. The Morgan fingerprint density at radius 1 is 1.00 bits per heavy atom. The molecule has 2 aromatic carbocycles. The van der Waals surface area contributed by atoms with Crippen LogP contribution in [0.4, 0.5) is 5.69 Å². The minimum Gasteiger partial charge on any atom is -0.491 e. The summed E-state index contributed by atoms with van der Waals surface area (Å²) in [5.74, 6) is 7.19. The molecule has 0 saturated heterocycles. The van der Waals surface area contributed by atoms with Crippen molar-refractivity contribution in [3.8, 4) is 17.6 Å². The van der Waals surface area contributed by atoms with Crippen LogP contribution in [0, 0.1) is 17.8 Å². The van der Waals surface area contributed by atoms with Crippen LogP contribution < -0.4 is 9.64 Å². The molecule has 3 nitrogen and oxygen atoms in total. The fourth-order valence-corrected chi connectivity index (χ4v) is 3.67. The van der Waals surface area contributed by atoms with Gasteiger partial charge in [-0.15, -0.1) is 0 Å². The second kappa shape index (κ2) is 6.88. The van der Waals surface area contributed by atoms with Crippen molar-refractivity contribution in [1.82, 2.24) is 0 Å². The van der Waals surface area contributed by atoms with Crippen LogP contribution in [-0.2, 0) is 17.6 Å². The summed E-state index contributed by atoms with van der Waals surface area (Å²) in [4.78, 5) is 14.0. The second-order valence-electron chi connectivity index (χ2n) is 7.23. The SMILES string of the molecule is C[C@H]1COc2ccc(C#Cc3ccc4c(c3)CCCC4)cc2N(C)C1=O. The van der Waals surface area contributed by atoms with Crippen molar-refractivity contribution in [2.75, 3.05) is 18.6 Å². The van der Waals surface area contributed by atoms with Crippen molar-refractivity contribution in [1.29, 1.82) is 0 Å². The summed E-state index contributed by atoms with van der Waals surface area (Å²) in [6.07, 6.45) is 4.91. The molecular weight excluding hydrogens is 322 g/mol. The maximum Gasteiger partial charge on any atom is 0.233 e. The lowest BCUT2D eigenvalue weighted by Gasteiger charge is -2.17. The predicted octanol–water partition coefficient (Wildman–Crippen LogP) is 3.96. The maximum absolute atomic E-state index is 12.3. The van der Waals surface area contributed by atoms with Crippen molar-refractivity contribution < 1.29 is 9.53 Å². The molecule has 0 bridgehead atoms. The third kappa shape index (κ3) is 3.20. The van der Waals surface area contributed by atoms with Gasteiger partial charge in [0.05, 0.1) is 18.2 Å². The highest BCUT2D eigenvalue weighted by molar-refractivity contribution is 5.96. The molecule has 0 saturated carbocycles. The summed E-state index contributed by atoms with van der Waals surface area (Å²) in [5, 5.41) is 0. The normalized spacial score (nSPS) is 18.8. The summed E-state index contributed by atoms with van der Waals surface area (Å²) in [5.41, 5.74) is 5.64. The van der Waals surface area contributed by atoms with Gasteiger partial charge >= 0.3 is 0 Å². The number of benzene rings is 2. The standard InChI is InChI=1S/C23H23NO2/c1-16-15-26-22-12-10-18(14-21(22)24(2)23(16)25)8-7-17-9-11-19-5-3-4-6-20(19)13-17/h9-14,16H,3-6,15H2,1-2H3/t16-/m0/s1. The van der Waals surface area contributed by atoms with Crippen LogP contribution in [-0.4, -0.2) is 19.6 Å². The van der Waals surface area contributed by atoms with Crippen molar-refractivity contribution in [2.45, 2.75) is 32.6 Å². The first kappa shape index (κ1) is 16.7. The van der Waals surface area contributed by atoms with Crippen LogP contribution in [0.3, 0.4) is 0 Å². The minimum absolute atomic E-state index is 0.0727. The van der Waals surface area contributed by atoms with Gasteiger partial charge in [0.15, 0.2) is 0 Å². The van der Waals surface area contributed by atoms with E-state index in [1.807, 2.05) is 25.1 Å². The fourth-order valence-electron chi connectivity index (χ4n) is 3.67. The molecule has 1 heterocycles. The van der Waals surface area contributed by atoms with Gasteiger partial charge in [0, 0.05) is 18.2 Å². The zero-order chi connectivity index (χ0) is 18.1. The van der Waals surface area contributed by atoms with E-state index in [9.17, 15) is 4.79 Å². The molecule has 1 aliphatic heterocycles. The molecule has 2 aliphatic rings. The third-order valence-electron chi connectivity index (χ3n) is 5.26. The van der Waals surface area contributed by atoms with Gasteiger partial charge < -0.3 is 9.64 Å². The molecule has 0 spiro atoms. The van der Waals surface area contributed by atoms with E-state index in [4.69, 9.17) is 4.74 Å². The van der Waals surface area contributed by atoms with E-state index in [0.29, 0.717) is 6.61 Å². The van der Waals surface area contributed by atoms with Gasteiger partial charge in [0.25, 0.3) is 0 Å². The van der Waals surface area contributed by atoms with Gasteiger partial charge in [0.1, 0.15) is 5.75 Å². The summed E-state index contributed by atoms with van der Waals surface area (Å²) >= 11 is 0. The quantitative estimate of drug-likeness (QED) is 0.677. The van der Waals surface area contributed by atoms with E-state index in [1.54, 1.807) is 11.9 Å². The largest absolute Gasteiger partial charge is 0.491 e. The van der Waals surface area contributed by atoms with Gasteiger partial charge in [-0.05, 0) is 67.1 Å². The number of nitrogens with zero attached hydrogens (tertiary/aromatic N) is 1. The first-order chi connectivity index (χ1) is 12.6. The van der Waals surface area contributed by atoms with E-state index in [0.717, 1.165) is 29.0 Å². The van der Waals surface area contributed by atoms with Crippen LogP contribution in [0.2, 0.25) is 0 Å². The van der Waals surface area contributed by atoms with E-state index in [-0.39, 0.29) is 11.8 Å². The molecule has 2 aromatic rings. The van der Waals surface area contributed by atoms with E-state index < -0.39 is 0 Å². The summed E-state index contributed by atoms with van der Waals surface area (Å²) < 4.78 is 5.77. The van der Waals surface area contributed by atoms with E-state index in [2.05, 4.69) is 30.0 Å². The molecule has 0 N–H and O–H groups in total. The number of hydrogen-bond acceptors (Lipinski definition) is 2. The summed E-state index contributed by atoms with van der Waals surface area (Å²) in [6, 6.07) is 12.4. The number of carbonyl (C=O) groups is 1. The van der Waals surface area contributed by atoms with Crippen LogP contribution >= 0.6 is 0 Å². The van der Waals surface area contributed by atoms with Gasteiger partial charge in [-0.2, -0.15) is 0 Å². The Labute approximate surface area is 155 Å². The maximum atomic E-state index is 12.3. The molecule has 3 heteroatoms. The Balaban J connectivity index is 1.63. The number of rotatable bonds is 0. The van der Waals surface area contributed by atoms with Gasteiger partial charge in [-0.1, -0.05) is 24.8 Å². The van der Waals surface area contributed by atoms with Gasteiger partial charge in [-0.3, -0.25) is 4.79 Å². The van der Waals surface area contributed by atoms with Gasteiger partial charge in [0.2, 0.25) is 5.91 Å². The van der Waals surface area contributed by atoms with E-state index in [1.165, 1.54) is 30.4 Å². The summed E-state index contributed by atoms with van der Waals surface area (Å²) in [7, 11) is 1.80. The zero-order valence-electron chi connectivity index (χ0n) is 15.3. The lowest BCUT2D eigenvalue weighted by Crippen LogP contribution is -2.31. The molecule has 1 amide bonds. The number of hydrogen-bond donors (Lipinski definition) is 0. The Bertz CT molecular complexity index is 920. The Hall–Kier alpha value is -2.73. The Morgan fingerprint density at radius 2 is 1.69 bits per heavy atom. The molecule has 0 aromatic heterocycles. The van der Waals surface area contributed by atoms with Crippen LogP contribution in [0.5, 0.6) is 5.75 Å². The summed E-state index contributed by atoms with van der Waals surface area (Å²) in [6.45, 7) is 2.30. The second-order valence-corrected chi connectivity index (χ2v) is 7.23. The monoisotopic (exact) mass is 345 g/mol. The lowest BCUT2D eigenvalue weighted by atomic mass is 9.90. The highest BCUT2D eigenvalue weighted by Gasteiger charge is 2.25. The average Bonchev–Trinajstić information content (AvgIpc) is 2.78. The average molecular weight is 345 g/mol. The van der Waals surface area contributed by atoms with Crippen molar-refractivity contribution in [2.24, 2.45) is 5.92 Å². The third-order valence-corrected chi connectivity index (χ3v) is 5.26. The van der Waals surface area contributed by atoms with Crippen LogP contribution in [0.15, 0.2) is 36.4 Å².